The quantitative estimate of drug-likeness (QED) is 0.463. The Morgan fingerprint density at radius 1 is 1.33 bits per heavy atom. The maximum absolute atomic E-state index is 10.9. The molecule has 0 aromatic heterocycles. The molecular formula is C11H16O. The fourth-order valence-electron chi connectivity index (χ4n) is 2.00. The maximum Gasteiger partial charge on any atom is 0.126 e. The lowest BCUT2D eigenvalue weighted by Crippen LogP contribution is -2.25. The van der Waals surface area contributed by atoms with Crippen molar-refractivity contribution in [1.29, 1.82) is 0 Å². The highest BCUT2D eigenvalue weighted by atomic mass is 16.1. The SMILES string of the molecule is C#CCCC1(C=O)CCCCC1. The van der Waals surface area contributed by atoms with Gasteiger partial charge in [-0.05, 0) is 19.3 Å². The highest BCUT2D eigenvalue weighted by molar-refractivity contribution is 5.59. The second kappa shape index (κ2) is 4.30. The number of aldehydes is 1. The average molecular weight is 164 g/mol. The first kappa shape index (κ1) is 9.32. The van der Waals surface area contributed by atoms with E-state index in [1.165, 1.54) is 19.3 Å². The van der Waals surface area contributed by atoms with Crippen molar-refractivity contribution in [2.75, 3.05) is 0 Å². The molecule has 1 aliphatic rings. The smallest absolute Gasteiger partial charge is 0.126 e. The molecule has 0 spiro atoms. The zero-order valence-electron chi connectivity index (χ0n) is 7.51. The first-order valence-corrected chi connectivity index (χ1v) is 4.73. The van der Waals surface area contributed by atoms with Crippen LogP contribution in [0.4, 0.5) is 0 Å². The Morgan fingerprint density at radius 2 is 2.00 bits per heavy atom. The largest absolute Gasteiger partial charge is 0.303 e. The van der Waals surface area contributed by atoms with Gasteiger partial charge in [-0.1, -0.05) is 19.3 Å². The van der Waals surface area contributed by atoms with Crippen molar-refractivity contribution in [2.45, 2.75) is 44.9 Å². The minimum absolute atomic E-state index is 0.0510. The molecule has 1 heteroatoms. The Labute approximate surface area is 74.5 Å². The van der Waals surface area contributed by atoms with Crippen LogP contribution in [0.2, 0.25) is 0 Å². The van der Waals surface area contributed by atoms with Crippen molar-refractivity contribution >= 4 is 6.29 Å². The molecule has 0 saturated heterocycles. The van der Waals surface area contributed by atoms with E-state index in [1.54, 1.807) is 0 Å². The van der Waals surface area contributed by atoms with Gasteiger partial charge in [-0.15, -0.1) is 12.3 Å². The van der Waals surface area contributed by atoms with Crippen LogP contribution in [-0.4, -0.2) is 6.29 Å². The summed E-state index contributed by atoms with van der Waals surface area (Å²) in [5.41, 5.74) is -0.0510. The first-order valence-electron chi connectivity index (χ1n) is 4.73. The summed E-state index contributed by atoms with van der Waals surface area (Å²) >= 11 is 0. The van der Waals surface area contributed by atoms with E-state index in [2.05, 4.69) is 5.92 Å². The lowest BCUT2D eigenvalue weighted by atomic mass is 9.72. The second-order valence-electron chi connectivity index (χ2n) is 3.75. The normalized spacial score (nSPS) is 21.2. The molecule has 0 aliphatic heterocycles. The second-order valence-corrected chi connectivity index (χ2v) is 3.75. The first-order chi connectivity index (χ1) is 5.83. The minimum Gasteiger partial charge on any atom is -0.303 e. The van der Waals surface area contributed by atoms with Crippen LogP contribution in [0.25, 0.3) is 0 Å². The van der Waals surface area contributed by atoms with E-state index in [0.717, 1.165) is 32.0 Å². The third kappa shape index (κ3) is 2.11. The van der Waals surface area contributed by atoms with Crippen molar-refractivity contribution in [3.8, 4) is 12.3 Å². The number of rotatable bonds is 3. The molecule has 66 valence electrons. The summed E-state index contributed by atoms with van der Waals surface area (Å²) < 4.78 is 0. The van der Waals surface area contributed by atoms with Gasteiger partial charge >= 0.3 is 0 Å². The van der Waals surface area contributed by atoms with E-state index < -0.39 is 0 Å². The van der Waals surface area contributed by atoms with Crippen molar-refractivity contribution in [2.24, 2.45) is 5.41 Å². The summed E-state index contributed by atoms with van der Waals surface area (Å²) in [6.45, 7) is 0. The third-order valence-corrected chi connectivity index (χ3v) is 2.87. The molecule has 0 aromatic carbocycles. The van der Waals surface area contributed by atoms with Crippen molar-refractivity contribution in [3.05, 3.63) is 0 Å². The highest BCUT2D eigenvalue weighted by Gasteiger charge is 2.30. The summed E-state index contributed by atoms with van der Waals surface area (Å²) in [6, 6.07) is 0. The summed E-state index contributed by atoms with van der Waals surface area (Å²) in [6.07, 6.45) is 13.8. The van der Waals surface area contributed by atoms with Crippen LogP contribution in [-0.2, 0) is 4.79 Å². The predicted octanol–water partition coefficient (Wildman–Crippen LogP) is 2.55. The van der Waals surface area contributed by atoms with Gasteiger partial charge in [-0.2, -0.15) is 0 Å². The van der Waals surface area contributed by atoms with E-state index in [9.17, 15) is 4.79 Å². The summed E-state index contributed by atoms with van der Waals surface area (Å²) in [7, 11) is 0. The fraction of sp³-hybridized carbons (Fsp3) is 0.727. The van der Waals surface area contributed by atoms with E-state index in [-0.39, 0.29) is 5.41 Å². The van der Waals surface area contributed by atoms with Crippen LogP contribution < -0.4 is 0 Å². The lowest BCUT2D eigenvalue weighted by Gasteiger charge is -2.31. The average Bonchev–Trinajstić information content (AvgIpc) is 2.16. The Morgan fingerprint density at radius 3 is 2.50 bits per heavy atom. The molecule has 0 bridgehead atoms. The zero-order valence-corrected chi connectivity index (χ0v) is 7.51. The van der Waals surface area contributed by atoms with Crippen LogP contribution in [0.5, 0.6) is 0 Å². The molecule has 12 heavy (non-hydrogen) atoms. The predicted molar refractivity (Wildman–Crippen MR) is 49.6 cm³/mol. The van der Waals surface area contributed by atoms with Crippen LogP contribution in [0.3, 0.4) is 0 Å². The molecule has 0 radical (unpaired) electrons. The fourth-order valence-corrected chi connectivity index (χ4v) is 2.00. The van der Waals surface area contributed by atoms with Gasteiger partial charge in [0.1, 0.15) is 6.29 Å². The molecule has 0 N–H and O–H groups in total. The Bertz CT molecular complexity index is 182. The number of hydrogen-bond donors (Lipinski definition) is 0. The van der Waals surface area contributed by atoms with E-state index in [4.69, 9.17) is 6.42 Å². The Balaban J connectivity index is 2.49. The number of carbonyl (C=O) groups is 1. The molecule has 1 aliphatic carbocycles. The molecule has 0 unspecified atom stereocenters. The summed E-state index contributed by atoms with van der Waals surface area (Å²) in [5.74, 6) is 2.62. The molecule has 0 aromatic rings. The van der Waals surface area contributed by atoms with Gasteiger partial charge in [0.15, 0.2) is 0 Å². The Hall–Kier alpha value is -0.770. The number of terminal acetylenes is 1. The van der Waals surface area contributed by atoms with Crippen LogP contribution in [0.15, 0.2) is 0 Å². The van der Waals surface area contributed by atoms with Crippen LogP contribution >= 0.6 is 0 Å². The molecule has 1 fully saturated rings. The van der Waals surface area contributed by atoms with Crippen molar-refractivity contribution in [1.82, 2.24) is 0 Å². The molecular weight excluding hydrogens is 148 g/mol. The molecule has 1 nitrogen and oxygen atoms in total. The van der Waals surface area contributed by atoms with Gasteiger partial charge in [0, 0.05) is 11.8 Å². The molecule has 0 amide bonds. The monoisotopic (exact) mass is 164 g/mol. The Kier molecular flexibility index (Phi) is 3.34. The van der Waals surface area contributed by atoms with Gasteiger partial charge in [0.2, 0.25) is 0 Å². The molecule has 0 heterocycles. The van der Waals surface area contributed by atoms with Crippen LogP contribution in [0.1, 0.15) is 44.9 Å². The number of carbonyl (C=O) groups excluding carboxylic acids is 1. The van der Waals surface area contributed by atoms with E-state index in [0.29, 0.717) is 0 Å². The van der Waals surface area contributed by atoms with Crippen molar-refractivity contribution in [3.63, 3.8) is 0 Å². The zero-order chi connectivity index (χ0) is 8.86. The third-order valence-electron chi connectivity index (χ3n) is 2.87. The topological polar surface area (TPSA) is 17.1 Å². The van der Waals surface area contributed by atoms with Gasteiger partial charge in [0.25, 0.3) is 0 Å². The van der Waals surface area contributed by atoms with E-state index >= 15 is 0 Å². The molecule has 0 atom stereocenters. The molecule has 1 rings (SSSR count). The van der Waals surface area contributed by atoms with Gasteiger partial charge in [0.05, 0.1) is 0 Å². The maximum atomic E-state index is 10.9. The van der Waals surface area contributed by atoms with Gasteiger partial charge in [-0.25, -0.2) is 0 Å². The van der Waals surface area contributed by atoms with Gasteiger partial charge < -0.3 is 4.79 Å². The van der Waals surface area contributed by atoms with Crippen LogP contribution in [0, 0.1) is 17.8 Å². The molecule has 1 saturated carbocycles. The number of hydrogen-bond acceptors (Lipinski definition) is 1. The van der Waals surface area contributed by atoms with Gasteiger partial charge in [-0.3, -0.25) is 0 Å². The minimum atomic E-state index is -0.0510. The van der Waals surface area contributed by atoms with Crippen molar-refractivity contribution < 1.29 is 4.79 Å². The lowest BCUT2D eigenvalue weighted by molar-refractivity contribution is -0.118. The summed E-state index contributed by atoms with van der Waals surface area (Å²) in [5, 5.41) is 0. The summed E-state index contributed by atoms with van der Waals surface area (Å²) in [4.78, 5) is 10.9. The van der Waals surface area contributed by atoms with E-state index in [1.807, 2.05) is 0 Å². The highest BCUT2D eigenvalue weighted by Crippen LogP contribution is 2.38. The standard InChI is InChI=1S/C11H16O/c1-2-3-7-11(10-12)8-5-4-6-9-11/h1,10H,3-9H2.